The van der Waals surface area contributed by atoms with Gasteiger partial charge in [0.25, 0.3) is 0 Å². The fraction of sp³-hybridized carbons (Fsp3) is 0.900. The number of nitrogens with zero attached hydrogens (tertiary/aromatic N) is 1. The predicted octanol–water partition coefficient (Wildman–Crippen LogP) is 1.58. The quantitative estimate of drug-likeness (QED) is 0.725. The molecule has 3 heteroatoms. The van der Waals surface area contributed by atoms with Crippen LogP contribution in [0.25, 0.3) is 0 Å². The van der Waals surface area contributed by atoms with Crippen molar-refractivity contribution in [2.45, 2.75) is 38.6 Å². The van der Waals surface area contributed by atoms with Gasteiger partial charge < -0.3 is 5.11 Å². The summed E-state index contributed by atoms with van der Waals surface area (Å²) in [5.41, 5.74) is -0.625. The van der Waals surface area contributed by atoms with Crippen LogP contribution >= 0.6 is 0 Å². The fourth-order valence-corrected chi connectivity index (χ4v) is 2.22. The Bertz CT molecular complexity index is 205. The Morgan fingerprint density at radius 2 is 2.31 bits per heavy atom. The van der Waals surface area contributed by atoms with Crippen LogP contribution in [0.3, 0.4) is 0 Å². The summed E-state index contributed by atoms with van der Waals surface area (Å²) in [6.07, 6.45) is 3.09. The van der Waals surface area contributed by atoms with E-state index in [2.05, 4.69) is 6.92 Å². The first-order valence-electron chi connectivity index (χ1n) is 4.95. The molecule has 1 N–H and O–H groups in total. The molecule has 0 radical (unpaired) electrons. The molecule has 1 rings (SSSR count). The number of carboxylic acid groups (broad SMARTS) is 1. The summed E-state index contributed by atoms with van der Waals surface area (Å²) in [5, 5.41) is 9.09. The number of likely N-dealkylation sites (tertiary alicyclic amines) is 1. The van der Waals surface area contributed by atoms with Crippen molar-refractivity contribution >= 4 is 5.97 Å². The van der Waals surface area contributed by atoms with Gasteiger partial charge in [-0.1, -0.05) is 13.3 Å². The molecule has 0 unspecified atom stereocenters. The van der Waals surface area contributed by atoms with Crippen molar-refractivity contribution in [1.82, 2.24) is 4.90 Å². The van der Waals surface area contributed by atoms with Gasteiger partial charge in [-0.2, -0.15) is 0 Å². The topological polar surface area (TPSA) is 40.5 Å². The van der Waals surface area contributed by atoms with Gasteiger partial charge in [-0.05, 0) is 32.7 Å². The Morgan fingerprint density at radius 1 is 1.69 bits per heavy atom. The molecule has 13 heavy (non-hydrogen) atoms. The van der Waals surface area contributed by atoms with E-state index in [0.29, 0.717) is 5.92 Å². The Kier molecular flexibility index (Phi) is 2.96. The highest BCUT2D eigenvalue weighted by Crippen LogP contribution is 2.33. The third-order valence-electron chi connectivity index (χ3n) is 3.22. The largest absolute Gasteiger partial charge is 0.480 e. The van der Waals surface area contributed by atoms with Crippen molar-refractivity contribution in [1.29, 1.82) is 0 Å². The number of hydrogen-bond acceptors (Lipinski definition) is 2. The number of hydrogen-bond donors (Lipinski definition) is 1. The van der Waals surface area contributed by atoms with Crippen LogP contribution in [0.5, 0.6) is 0 Å². The molecular weight excluding hydrogens is 166 g/mol. The Morgan fingerprint density at radius 3 is 2.69 bits per heavy atom. The Labute approximate surface area is 79.7 Å². The molecule has 0 saturated carbocycles. The van der Waals surface area contributed by atoms with Gasteiger partial charge in [0.2, 0.25) is 0 Å². The van der Waals surface area contributed by atoms with E-state index in [0.717, 1.165) is 25.8 Å². The van der Waals surface area contributed by atoms with Crippen LogP contribution in [0.15, 0.2) is 0 Å². The lowest BCUT2D eigenvalue weighted by Gasteiger charge is -2.26. The van der Waals surface area contributed by atoms with Crippen molar-refractivity contribution < 1.29 is 9.90 Å². The first-order valence-corrected chi connectivity index (χ1v) is 4.95. The van der Waals surface area contributed by atoms with Gasteiger partial charge in [0.05, 0.1) is 0 Å². The van der Waals surface area contributed by atoms with Crippen LogP contribution in [-0.2, 0) is 4.79 Å². The molecule has 1 aliphatic rings. The lowest BCUT2D eigenvalue weighted by atomic mass is 9.92. The average Bonchev–Trinajstić information content (AvgIpc) is 2.29. The second-order valence-corrected chi connectivity index (χ2v) is 4.32. The van der Waals surface area contributed by atoms with Crippen LogP contribution in [0.4, 0.5) is 0 Å². The van der Waals surface area contributed by atoms with E-state index in [-0.39, 0.29) is 0 Å². The molecule has 1 heterocycles. The van der Waals surface area contributed by atoms with Crippen LogP contribution in [0.1, 0.15) is 33.1 Å². The van der Waals surface area contributed by atoms with Gasteiger partial charge in [-0.3, -0.25) is 9.69 Å². The number of carboxylic acids is 1. The van der Waals surface area contributed by atoms with Crippen molar-refractivity contribution in [2.24, 2.45) is 5.92 Å². The minimum atomic E-state index is -0.686. The molecule has 1 fully saturated rings. The molecule has 0 aliphatic carbocycles. The normalized spacial score (nSPS) is 35.2. The van der Waals surface area contributed by atoms with E-state index < -0.39 is 11.5 Å². The fourth-order valence-electron chi connectivity index (χ4n) is 2.22. The molecular formula is C10H19NO2. The summed E-state index contributed by atoms with van der Waals surface area (Å²) in [6, 6.07) is 0. The number of rotatable bonds is 3. The maximum atomic E-state index is 11.0. The van der Waals surface area contributed by atoms with Crippen molar-refractivity contribution in [3.05, 3.63) is 0 Å². The Balaban J connectivity index is 2.65. The van der Waals surface area contributed by atoms with E-state index in [4.69, 9.17) is 5.11 Å². The summed E-state index contributed by atoms with van der Waals surface area (Å²) in [6.45, 7) is 4.90. The van der Waals surface area contributed by atoms with Gasteiger partial charge >= 0.3 is 5.97 Å². The summed E-state index contributed by atoms with van der Waals surface area (Å²) < 4.78 is 0. The molecule has 0 aromatic heterocycles. The minimum absolute atomic E-state index is 0.566. The van der Waals surface area contributed by atoms with E-state index in [1.165, 1.54) is 0 Å². The van der Waals surface area contributed by atoms with E-state index in [1.807, 2.05) is 18.9 Å². The average molecular weight is 185 g/mol. The lowest BCUT2D eigenvalue weighted by molar-refractivity contribution is -0.147. The maximum Gasteiger partial charge on any atom is 0.323 e. The first-order chi connectivity index (χ1) is 6.00. The van der Waals surface area contributed by atoms with Gasteiger partial charge in [-0.25, -0.2) is 0 Å². The first kappa shape index (κ1) is 10.5. The molecule has 0 aromatic carbocycles. The van der Waals surface area contributed by atoms with Crippen molar-refractivity contribution in [2.75, 3.05) is 13.6 Å². The molecule has 1 saturated heterocycles. The molecule has 0 bridgehead atoms. The molecule has 76 valence electrons. The Hall–Kier alpha value is -0.570. The van der Waals surface area contributed by atoms with E-state index >= 15 is 0 Å². The highest BCUT2D eigenvalue weighted by atomic mass is 16.4. The number of aliphatic carboxylic acids is 1. The van der Waals surface area contributed by atoms with Crippen molar-refractivity contribution in [3.8, 4) is 0 Å². The second-order valence-electron chi connectivity index (χ2n) is 4.32. The zero-order chi connectivity index (χ0) is 10.1. The second kappa shape index (κ2) is 3.66. The number of carbonyl (C=O) groups is 1. The van der Waals surface area contributed by atoms with E-state index in [9.17, 15) is 4.79 Å². The van der Waals surface area contributed by atoms with Gasteiger partial charge in [0.1, 0.15) is 5.54 Å². The minimum Gasteiger partial charge on any atom is -0.480 e. The highest BCUT2D eigenvalue weighted by molar-refractivity contribution is 5.78. The van der Waals surface area contributed by atoms with Crippen LogP contribution in [0.2, 0.25) is 0 Å². The van der Waals surface area contributed by atoms with Crippen LogP contribution < -0.4 is 0 Å². The summed E-state index contributed by atoms with van der Waals surface area (Å²) in [5.74, 6) is -0.121. The van der Waals surface area contributed by atoms with Gasteiger partial charge in [0, 0.05) is 6.54 Å². The molecule has 3 nitrogen and oxygen atoms in total. The lowest BCUT2D eigenvalue weighted by Crippen LogP contribution is -2.45. The molecule has 2 atom stereocenters. The maximum absolute atomic E-state index is 11.0. The van der Waals surface area contributed by atoms with Crippen LogP contribution in [0, 0.1) is 5.92 Å². The zero-order valence-electron chi connectivity index (χ0n) is 8.71. The smallest absolute Gasteiger partial charge is 0.323 e. The molecule has 0 aromatic rings. The molecule has 1 aliphatic heterocycles. The van der Waals surface area contributed by atoms with Gasteiger partial charge in [-0.15, -0.1) is 0 Å². The monoisotopic (exact) mass is 185 g/mol. The van der Waals surface area contributed by atoms with Gasteiger partial charge in [0.15, 0.2) is 0 Å². The summed E-state index contributed by atoms with van der Waals surface area (Å²) >= 11 is 0. The van der Waals surface area contributed by atoms with Crippen molar-refractivity contribution in [3.63, 3.8) is 0 Å². The molecule has 0 spiro atoms. The summed E-state index contributed by atoms with van der Waals surface area (Å²) in [7, 11) is 1.91. The zero-order valence-corrected chi connectivity index (χ0v) is 8.71. The van der Waals surface area contributed by atoms with Crippen LogP contribution in [-0.4, -0.2) is 35.1 Å². The number of likely N-dealkylation sites (N-methyl/N-ethyl adjacent to an activating group) is 1. The predicted molar refractivity (Wildman–Crippen MR) is 51.7 cm³/mol. The third-order valence-corrected chi connectivity index (χ3v) is 3.22. The van der Waals surface area contributed by atoms with E-state index in [1.54, 1.807) is 0 Å². The SMILES string of the molecule is CCC[C@@H]1CN(C)[C@](C)(C(=O)O)C1. The molecule has 0 amide bonds. The standard InChI is InChI=1S/C10H19NO2/c1-4-5-8-6-10(2,9(12)13)11(3)7-8/h8H,4-7H2,1-3H3,(H,12,13)/t8-,10-/m0/s1. The summed E-state index contributed by atoms with van der Waals surface area (Å²) in [4.78, 5) is 13.0. The highest BCUT2D eigenvalue weighted by Gasteiger charge is 2.45. The third kappa shape index (κ3) is 1.85.